The molecule has 0 saturated carbocycles. The summed E-state index contributed by atoms with van der Waals surface area (Å²) in [4.78, 5) is 6.02. The molecule has 164 valence electrons. The number of nitrogens with zero attached hydrogens (tertiary/aromatic N) is 3. The minimum absolute atomic E-state index is 0.173. The molecule has 0 spiro atoms. The zero-order valence-corrected chi connectivity index (χ0v) is 17.1. The van der Waals surface area contributed by atoms with Crippen molar-refractivity contribution in [2.45, 2.75) is 44.1 Å². The SMILES string of the molecule is CN(Cc1cccc(OCC(O)CN2CC(N3CCCCC3)C2)c1)CC(F)(F)F. The third-order valence-corrected chi connectivity index (χ3v) is 5.56. The molecule has 2 saturated heterocycles. The fourth-order valence-corrected chi connectivity index (χ4v) is 4.16. The first-order valence-corrected chi connectivity index (χ1v) is 10.4. The molecule has 0 aliphatic carbocycles. The van der Waals surface area contributed by atoms with Crippen LogP contribution in [0.4, 0.5) is 13.2 Å². The fourth-order valence-electron chi connectivity index (χ4n) is 4.16. The van der Waals surface area contributed by atoms with Crippen LogP contribution < -0.4 is 4.74 Å². The zero-order valence-electron chi connectivity index (χ0n) is 17.1. The van der Waals surface area contributed by atoms with Gasteiger partial charge in [-0.3, -0.25) is 14.7 Å². The molecule has 29 heavy (non-hydrogen) atoms. The molecule has 0 radical (unpaired) electrons. The smallest absolute Gasteiger partial charge is 0.401 e. The lowest BCUT2D eigenvalue weighted by Gasteiger charge is -2.47. The summed E-state index contributed by atoms with van der Waals surface area (Å²) in [6, 6.07) is 7.65. The highest BCUT2D eigenvalue weighted by atomic mass is 19.4. The molecule has 0 aromatic heterocycles. The third-order valence-electron chi connectivity index (χ3n) is 5.56. The van der Waals surface area contributed by atoms with E-state index >= 15 is 0 Å². The third kappa shape index (κ3) is 7.44. The first kappa shape index (κ1) is 22.3. The predicted octanol–water partition coefficient (Wildman–Crippen LogP) is 2.59. The number of alkyl halides is 3. The van der Waals surface area contributed by atoms with Crippen molar-refractivity contribution in [3.05, 3.63) is 29.8 Å². The number of benzene rings is 1. The average Bonchev–Trinajstić information content (AvgIpc) is 2.62. The number of hydrogen-bond donors (Lipinski definition) is 1. The number of piperidine rings is 1. The highest BCUT2D eigenvalue weighted by Crippen LogP contribution is 2.21. The van der Waals surface area contributed by atoms with Gasteiger partial charge in [-0.2, -0.15) is 13.2 Å². The van der Waals surface area contributed by atoms with Gasteiger partial charge in [-0.15, -0.1) is 0 Å². The Morgan fingerprint density at radius 1 is 1.21 bits per heavy atom. The van der Waals surface area contributed by atoms with Crippen LogP contribution in [0.5, 0.6) is 5.75 Å². The molecule has 1 N–H and O–H groups in total. The number of aliphatic hydroxyl groups is 1. The molecule has 0 amide bonds. The maximum Gasteiger partial charge on any atom is 0.401 e. The van der Waals surface area contributed by atoms with E-state index in [2.05, 4.69) is 9.80 Å². The van der Waals surface area contributed by atoms with Crippen LogP contribution in [0.25, 0.3) is 0 Å². The maximum absolute atomic E-state index is 12.5. The highest BCUT2D eigenvalue weighted by molar-refractivity contribution is 5.28. The molecule has 2 fully saturated rings. The van der Waals surface area contributed by atoms with E-state index < -0.39 is 18.8 Å². The molecule has 2 aliphatic heterocycles. The summed E-state index contributed by atoms with van der Waals surface area (Å²) in [6.45, 7) is 4.37. The number of aliphatic hydroxyl groups excluding tert-OH is 1. The summed E-state index contributed by atoms with van der Waals surface area (Å²) >= 11 is 0. The summed E-state index contributed by atoms with van der Waals surface area (Å²) in [6.07, 6.45) is -0.885. The normalized spacial score (nSPS) is 20.6. The largest absolute Gasteiger partial charge is 0.491 e. The molecular formula is C21H32F3N3O2. The molecule has 2 aliphatic rings. The molecule has 5 nitrogen and oxygen atoms in total. The summed E-state index contributed by atoms with van der Waals surface area (Å²) < 4.78 is 43.1. The van der Waals surface area contributed by atoms with Crippen LogP contribution in [0.3, 0.4) is 0 Å². The Morgan fingerprint density at radius 3 is 2.62 bits per heavy atom. The molecule has 2 heterocycles. The number of rotatable bonds is 9. The van der Waals surface area contributed by atoms with Gasteiger partial charge in [0.1, 0.15) is 18.5 Å². The summed E-state index contributed by atoms with van der Waals surface area (Å²) in [5.41, 5.74) is 0.746. The molecule has 1 atom stereocenters. The molecule has 1 unspecified atom stereocenters. The highest BCUT2D eigenvalue weighted by Gasteiger charge is 2.33. The molecule has 1 aromatic rings. The van der Waals surface area contributed by atoms with Gasteiger partial charge in [-0.1, -0.05) is 18.6 Å². The van der Waals surface area contributed by atoms with Gasteiger partial charge in [-0.25, -0.2) is 0 Å². The first-order valence-electron chi connectivity index (χ1n) is 10.4. The van der Waals surface area contributed by atoms with Gasteiger partial charge in [0.05, 0.1) is 6.54 Å². The second kappa shape index (κ2) is 10.1. The zero-order chi connectivity index (χ0) is 20.9. The van der Waals surface area contributed by atoms with Crippen molar-refractivity contribution < 1.29 is 23.0 Å². The topological polar surface area (TPSA) is 39.2 Å². The van der Waals surface area contributed by atoms with Gasteiger partial charge < -0.3 is 9.84 Å². The number of β-amino-alcohol motifs (C(OH)–C–C–N with tert-alkyl or cyclic N) is 1. The van der Waals surface area contributed by atoms with Crippen molar-refractivity contribution in [2.75, 3.05) is 52.9 Å². The van der Waals surface area contributed by atoms with Crippen LogP contribution in [0.15, 0.2) is 24.3 Å². The van der Waals surface area contributed by atoms with Gasteiger partial charge in [0, 0.05) is 32.2 Å². The van der Waals surface area contributed by atoms with E-state index in [0.29, 0.717) is 18.3 Å². The lowest BCUT2D eigenvalue weighted by Crippen LogP contribution is -2.61. The molecule has 8 heteroatoms. The van der Waals surface area contributed by atoms with Crippen molar-refractivity contribution in [1.29, 1.82) is 0 Å². The quantitative estimate of drug-likeness (QED) is 0.671. The van der Waals surface area contributed by atoms with E-state index in [1.807, 2.05) is 0 Å². The predicted molar refractivity (Wildman–Crippen MR) is 106 cm³/mol. The van der Waals surface area contributed by atoms with Crippen LogP contribution in [-0.4, -0.2) is 91.1 Å². The van der Waals surface area contributed by atoms with Gasteiger partial charge in [0.15, 0.2) is 0 Å². The molecular weight excluding hydrogens is 383 g/mol. The van der Waals surface area contributed by atoms with Gasteiger partial charge in [0.25, 0.3) is 0 Å². The van der Waals surface area contributed by atoms with Crippen molar-refractivity contribution in [1.82, 2.24) is 14.7 Å². The second-order valence-corrected chi connectivity index (χ2v) is 8.37. The van der Waals surface area contributed by atoms with Crippen LogP contribution in [-0.2, 0) is 6.54 Å². The van der Waals surface area contributed by atoms with Crippen LogP contribution in [0, 0.1) is 0 Å². The Labute approximate surface area is 171 Å². The Bertz CT molecular complexity index is 632. The lowest BCUT2D eigenvalue weighted by atomic mass is 10.0. The fraction of sp³-hybridized carbons (Fsp3) is 0.714. The summed E-state index contributed by atoms with van der Waals surface area (Å²) in [5, 5.41) is 10.3. The Kier molecular flexibility index (Phi) is 7.79. The lowest BCUT2D eigenvalue weighted by molar-refractivity contribution is -0.144. The van der Waals surface area contributed by atoms with E-state index in [1.165, 1.54) is 44.3 Å². The minimum atomic E-state index is -4.21. The molecule has 1 aromatic carbocycles. The van der Waals surface area contributed by atoms with Gasteiger partial charge in [-0.05, 0) is 50.7 Å². The van der Waals surface area contributed by atoms with Crippen molar-refractivity contribution >= 4 is 0 Å². The number of ether oxygens (including phenoxy) is 1. The molecule has 3 rings (SSSR count). The van der Waals surface area contributed by atoms with Gasteiger partial charge in [0.2, 0.25) is 0 Å². The average molecular weight is 416 g/mol. The van der Waals surface area contributed by atoms with E-state index in [1.54, 1.807) is 24.3 Å². The van der Waals surface area contributed by atoms with Crippen LogP contribution in [0.2, 0.25) is 0 Å². The van der Waals surface area contributed by atoms with Crippen LogP contribution in [0.1, 0.15) is 24.8 Å². The number of hydrogen-bond acceptors (Lipinski definition) is 5. The monoisotopic (exact) mass is 415 g/mol. The van der Waals surface area contributed by atoms with E-state index in [9.17, 15) is 18.3 Å². The van der Waals surface area contributed by atoms with Gasteiger partial charge >= 0.3 is 6.18 Å². The van der Waals surface area contributed by atoms with E-state index in [0.717, 1.165) is 18.7 Å². The maximum atomic E-state index is 12.5. The minimum Gasteiger partial charge on any atom is -0.491 e. The Hall–Kier alpha value is -1.35. The first-order chi connectivity index (χ1) is 13.8. The standard InChI is InChI=1S/C21H32F3N3O2/c1-25(16-21(22,23)24)11-17-6-5-7-20(10-17)29-15-19(28)14-26-12-18(13-26)27-8-3-2-4-9-27/h5-7,10,18-19,28H,2-4,8-9,11-16H2,1H3. The van der Waals surface area contributed by atoms with Crippen molar-refractivity contribution in [3.8, 4) is 5.75 Å². The Morgan fingerprint density at radius 2 is 1.93 bits per heavy atom. The van der Waals surface area contributed by atoms with E-state index in [4.69, 9.17) is 4.74 Å². The number of halogens is 3. The Balaban J connectivity index is 1.36. The second-order valence-electron chi connectivity index (χ2n) is 8.37. The summed E-state index contributed by atoms with van der Waals surface area (Å²) in [5.74, 6) is 0.566. The van der Waals surface area contributed by atoms with Crippen molar-refractivity contribution in [2.24, 2.45) is 0 Å². The molecule has 0 bridgehead atoms. The summed E-state index contributed by atoms with van der Waals surface area (Å²) in [7, 11) is 1.44. The van der Waals surface area contributed by atoms with Crippen LogP contribution >= 0.6 is 0 Å². The van der Waals surface area contributed by atoms with Crippen molar-refractivity contribution in [3.63, 3.8) is 0 Å². The van der Waals surface area contributed by atoms with E-state index in [-0.39, 0.29) is 13.2 Å². The number of likely N-dealkylation sites (tertiary alicyclic amines) is 2.